The van der Waals surface area contributed by atoms with Gasteiger partial charge in [-0.1, -0.05) is 0 Å². The number of rotatable bonds is 2. The van der Waals surface area contributed by atoms with Crippen molar-refractivity contribution in [2.75, 3.05) is 0 Å². The third-order valence-corrected chi connectivity index (χ3v) is 5.89. The summed E-state index contributed by atoms with van der Waals surface area (Å²) in [5, 5.41) is -0.226. The summed E-state index contributed by atoms with van der Waals surface area (Å²) in [6, 6.07) is 0. The van der Waals surface area contributed by atoms with Crippen LogP contribution in [0.5, 0.6) is 0 Å². The van der Waals surface area contributed by atoms with Gasteiger partial charge in [-0.3, -0.25) is 9.59 Å². The molecule has 4 aliphatic rings. The highest BCUT2D eigenvalue weighted by Crippen LogP contribution is 2.62. The molecule has 0 spiro atoms. The quantitative estimate of drug-likeness (QED) is 0.404. The standard InChI is InChI=1S/C11H10F3NO6S/c12-11(13,14)22(18,19)21-15-9(16)4-2-1-3-5(6(4)10(15)17)8-7(3)20-8/h3-8H,1-2H2. The third kappa shape index (κ3) is 1.67. The van der Waals surface area contributed by atoms with E-state index in [1.165, 1.54) is 0 Å². The summed E-state index contributed by atoms with van der Waals surface area (Å²) in [5.74, 6) is -3.85. The zero-order valence-electron chi connectivity index (χ0n) is 10.8. The molecule has 2 amide bonds. The Kier molecular flexibility index (Phi) is 2.62. The minimum absolute atomic E-state index is 0.0720. The molecule has 22 heavy (non-hydrogen) atoms. The van der Waals surface area contributed by atoms with Gasteiger partial charge in [0.05, 0.1) is 24.0 Å². The molecule has 2 aliphatic carbocycles. The number of nitrogens with zero attached hydrogens (tertiary/aromatic N) is 1. The van der Waals surface area contributed by atoms with Crippen molar-refractivity contribution < 1.29 is 40.2 Å². The number of imide groups is 1. The number of ether oxygens (including phenoxy) is 1. The second-order valence-corrected chi connectivity index (χ2v) is 7.48. The maximum atomic E-state index is 12.3. The minimum atomic E-state index is -6.05. The van der Waals surface area contributed by atoms with Gasteiger partial charge in [0.25, 0.3) is 11.8 Å². The lowest BCUT2D eigenvalue weighted by Gasteiger charge is -2.41. The molecule has 4 fully saturated rings. The van der Waals surface area contributed by atoms with E-state index in [9.17, 15) is 31.2 Å². The number of hydroxylamine groups is 2. The largest absolute Gasteiger partial charge is 0.525 e. The maximum Gasteiger partial charge on any atom is 0.525 e. The molecule has 7 nitrogen and oxygen atoms in total. The van der Waals surface area contributed by atoms with E-state index in [0.717, 1.165) is 0 Å². The van der Waals surface area contributed by atoms with E-state index < -0.39 is 39.3 Å². The summed E-state index contributed by atoms with van der Waals surface area (Å²) in [6.45, 7) is 0. The number of epoxide rings is 1. The molecule has 4 rings (SSSR count). The van der Waals surface area contributed by atoms with Crippen LogP contribution in [0.4, 0.5) is 13.2 Å². The summed E-state index contributed by atoms with van der Waals surface area (Å²) in [5.41, 5.74) is -5.70. The number of hydrogen-bond acceptors (Lipinski definition) is 6. The Morgan fingerprint density at radius 3 is 2.45 bits per heavy atom. The molecule has 0 aromatic carbocycles. The molecule has 2 aliphatic heterocycles. The Morgan fingerprint density at radius 1 is 1.14 bits per heavy atom. The van der Waals surface area contributed by atoms with Gasteiger partial charge in [0.2, 0.25) is 0 Å². The molecule has 6 atom stereocenters. The number of carbonyl (C=O) groups is 2. The average Bonchev–Trinajstić information content (AvgIpc) is 3.07. The van der Waals surface area contributed by atoms with Crippen molar-refractivity contribution in [1.29, 1.82) is 0 Å². The first kappa shape index (κ1) is 14.4. The van der Waals surface area contributed by atoms with E-state index in [2.05, 4.69) is 4.28 Å². The Labute approximate surface area is 122 Å². The van der Waals surface area contributed by atoms with Crippen molar-refractivity contribution in [3.8, 4) is 0 Å². The minimum Gasteiger partial charge on any atom is -0.369 e. The lowest BCUT2D eigenvalue weighted by atomic mass is 9.58. The molecular weight excluding hydrogens is 331 g/mol. The number of hydrogen-bond donors (Lipinski definition) is 0. The molecule has 0 radical (unpaired) electrons. The van der Waals surface area contributed by atoms with Crippen molar-refractivity contribution in [1.82, 2.24) is 5.06 Å². The van der Waals surface area contributed by atoms with E-state index in [1.807, 2.05) is 0 Å². The zero-order valence-corrected chi connectivity index (χ0v) is 11.6. The Hall–Kier alpha value is -1.20. The molecule has 0 aromatic rings. The Morgan fingerprint density at radius 2 is 1.82 bits per heavy atom. The van der Waals surface area contributed by atoms with Gasteiger partial charge >= 0.3 is 15.6 Å². The predicted molar refractivity (Wildman–Crippen MR) is 59.8 cm³/mol. The van der Waals surface area contributed by atoms with Crippen LogP contribution in [0.25, 0.3) is 0 Å². The van der Waals surface area contributed by atoms with Crippen LogP contribution in [0, 0.1) is 23.7 Å². The topological polar surface area (TPSA) is 93.3 Å². The summed E-state index contributed by atoms with van der Waals surface area (Å²) >= 11 is 0. The molecule has 0 bridgehead atoms. The van der Waals surface area contributed by atoms with E-state index in [1.54, 1.807) is 0 Å². The lowest BCUT2D eigenvalue weighted by Crippen LogP contribution is -2.49. The van der Waals surface area contributed by atoms with Crippen LogP contribution in [0.15, 0.2) is 0 Å². The number of alkyl halides is 3. The second-order valence-electron chi connectivity index (χ2n) is 5.96. The van der Waals surface area contributed by atoms with Gasteiger partial charge in [0, 0.05) is 5.92 Å². The molecule has 2 saturated heterocycles. The molecule has 6 unspecified atom stereocenters. The first-order valence-electron chi connectivity index (χ1n) is 6.67. The van der Waals surface area contributed by atoms with Gasteiger partial charge in [-0.2, -0.15) is 21.6 Å². The van der Waals surface area contributed by atoms with Gasteiger partial charge in [0.15, 0.2) is 0 Å². The molecule has 2 saturated carbocycles. The van der Waals surface area contributed by atoms with E-state index in [-0.39, 0.29) is 29.1 Å². The lowest BCUT2D eigenvalue weighted by molar-refractivity contribution is -0.169. The smallest absolute Gasteiger partial charge is 0.369 e. The zero-order chi connectivity index (χ0) is 16.0. The molecule has 2 heterocycles. The monoisotopic (exact) mass is 341 g/mol. The predicted octanol–water partition coefficient (Wildman–Crippen LogP) is 0.176. The van der Waals surface area contributed by atoms with Crippen LogP contribution < -0.4 is 0 Å². The van der Waals surface area contributed by atoms with Crippen molar-refractivity contribution in [2.45, 2.75) is 30.6 Å². The van der Waals surface area contributed by atoms with E-state index in [0.29, 0.717) is 12.8 Å². The maximum absolute atomic E-state index is 12.3. The van der Waals surface area contributed by atoms with Crippen molar-refractivity contribution in [3.05, 3.63) is 0 Å². The number of amides is 2. The number of carbonyl (C=O) groups excluding carboxylic acids is 2. The first-order chi connectivity index (χ1) is 10.1. The van der Waals surface area contributed by atoms with Crippen molar-refractivity contribution in [3.63, 3.8) is 0 Å². The fraction of sp³-hybridized carbons (Fsp3) is 0.818. The van der Waals surface area contributed by atoms with Crippen LogP contribution >= 0.6 is 0 Å². The van der Waals surface area contributed by atoms with Crippen LogP contribution in [-0.4, -0.2) is 43.0 Å². The van der Waals surface area contributed by atoms with Gasteiger partial charge in [-0.15, -0.1) is 9.35 Å². The highest BCUT2D eigenvalue weighted by atomic mass is 32.2. The fourth-order valence-corrected chi connectivity index (χ4v) is 4.40. The van der Waals surface area contributed by atoms with Crippen molar-refractivity contribution >= 4 is 21.9 Å². The fourth-order valence-electron chi connectivity index (χ4n) is 3.98. The molecular formula is C11H10F3NO6S. The second kappa shape index (κ2) is 4.01. The van der Waals surface area contributed by atoms with Crippen LogP contribution in [-0.2, 0) is 28.7 Å². The van der Waals surface area contributed by atoms with E-state index >= 15 is 0 Å². The third-order valence-electron chi connectivity index (χ3n) is 4.98. The van der Waals surface area contributed by atoms with Crippen LogP contribution in [0.1, 0.15) is 12.8 Å². The highest BCUT2D eigenvalue weighted by molar-refractivity contribution is 7.87. The SMILES string of the molecule is O=C1C2CCC3C4OC4C3C2C(=O)N1OS(=O)(=O)C(F)(F)F. The number of fused-ring (bicyclic) bond motifs is 6. The molecule has 0 N–H and O–H groups in total. The summed E-state index contributed by atoms with van der Waals surface area (Å²) in [4.78, 5) is 24.3. The van der Waals surface area contributed by atoms with Gasteiger partial charge in [-0.05, 0) is 18.8 Å². The molecule has 0 aromatic heterocycles. The summed E-state index contributed by atoms with van der Waals surface area (Å²) < 4.78 is 68.2. The van der Waals surface area contributed by atoms with Gasteiger partial charge in [-0.25, -0.2) is 0 Å². The van der Waals surface area contributed by atoms with E-state index in [4.69, 9.17) is 4.74 Å². The first-order valence-corrected chi connectivity index (χ1v) is 8.08. The van der Waals surface area contributed by atoms with Crippen LogP contribution in [0.2, 0.25) is 0 Å². The molecule has 122 valence electrons. The van der Waals surface area contributed by atoms with Crippen LogP contribution in [0.3, 0.4) is 0 Å². The van der Waals surface area contributed by atoms with Gasteiger partial charge < -0.3 is 4.74 Å². The summed E-state index contributed by atoms with van der Waals surface area (Å²) in [7, 11) is -6.05. The van der Waals surface area contributed by atoms with Gasteiger partial charge in [0.1, 0.15) is 0 Å². The van der Waals surface area contributed by atoms with Crippen molar-refractivity contribution in [2.24, 2.45) is 23.7 Å². The Balaban J connectivity index is 1.60. The normalized spacial score (nSPS) is 43.3. The average molecular weight is 341 g/mol. The Bertz CT molecular complexity index is 676. The molecule has 11 heteroatoms. The highest BCUT2D eigenvalue weighted by Gasteiger charge is 2.72. The summed E-state index contributed by atoms with van der Waals surface area (Å²) in [6.07, 6.45) is 0.873. The number of halogens is 3.